The Labute approximate surface area is 128 Å². The molecule has 5 heteroatoms. The molecule has 0 amide bonds. The Morgan fingerprint density at radius 2 is 2.19 bits per heavy atom. The third-order valence-corrected chi connectivity index (χ3v) is 4.75. The Bertz CT molecular complexity index is 359. The maximum Gasteiger partial charge on any atom is 0.323 e. The van der Waals surface area contributed by atoms with Crippen LogP contribution in [0.25, 0.3) is 0 Å². The molecule has 1 saturated carbocycles. The van der Waals surface area contributed by atoms with Crippen molar-refractivity contribution < 1.29 is 14.6 Å². The van der Waals surface area contributed by atoms with Crippen molar-refractivity contribution in [3.63, 3.8) is 0 Å². The third kappa shape index (κ3) is 4.66. The van der Waals surface area contributed by atoms with Gasteiger partial charge in [-0.15, -0.1) is 0 Å². The van der Waals surface area contributed by atoms with Crippen LogP contribution in [0.3, 0.4) is 0 Å². The van der Waals surface area contributed by atoms with Crippen LogP contribution in [0.15, 0.2) is 0 Å². The molecule has 2 N–H and O–H groups in total. The predicted molar refractivity (Wildman–Crippen MR) is 82.5 cm³/mol. The standard InChI is InChI=1S/C16H30N2O3/c1-4-14-11-21-12(2)10-18(14)9-5-8-16(3,15(19)20)17-13-6-7-13/h12-14,17H,4-11H2,1-3H3,(H,19,20). The fraction of sp³-hybridized carbons (Fsp3) is 0.938. The maximum atomic E-state index is 11.5. The lowest BCUT2D eigenvalue weighted by atomic mass is 9.95. The van der Waals surface area contributed by atoms with E-state index in [0.29, 0.717) is 18.5 Å². The van der Waals surface area contributed by atoms with E-state index in [1.54, 1.807) is 0 Å². The summed E-state index contributed by atoms with van der Waals surface area (Å²) >= 11 is 0. The smallest absolute Gasteiger partial charge is 0.323 e. The lowest BCUT2D eigenvalue weighted by Crippen LogP contribution is -2.52. The molecule has 3 unspecified atom stereocenters. The SMILES string of the molecule is CCC1COC(C)CN1CCCC(C)(NC1CC1)C(=O)O. The molecule has 0 radical (unpaired) electrons. The van der Waals surface area contributed by atoms with E-state index in [4.69, 9.17) is 4.74 Å². The molecule has 0 spiro atoms. The van der Waals surface area contributed by atoms with Crippen LogP contribution in [0.2, 0.25) is 0 Å². The van der Waals surface area contributed by atoms with Gasteiger partial charge in [-0.2, -0.15) is 0 Å². The normalized spacial score (nSPS) is 30.0. The summed E-state index contributed by atoms with van der Waals surface area (Å²) in [5, 5.41) is 12.8. The third-order valence-electron chi connectivity index (χ3n) is 4.75. The molecule has 5 nitrogen and oxygen atoms in total. The molecule has 1 saturated heterocycles. The number of hydrogen-bond donors (Lipinski definition) is 2. The zero-order valence-electron chi connectivity index (χ0n) is 13.6. The number of carboxylic acids is 1. The van der Waals surface area contributed by atoms with E-state index < -0.39 is 11.5 Å². The number of nitrogens with one attached hydrogen (secondary N) is 1. The Kier molecular flexibility index (Phi) is 5.63. The van der Waals surface area contributed by atoms with E-state index in [0.717, 1.165) is 45.4 Å². The molecular weight excluding hydrogens is 268 g/mol. The molecule has 0 aromatic rings. The minimum absolute atomic E-state index is 0.281. The number of hydrogen-bond acceptors (Lipinski definition) is 4. The first kappa shape index (κ1) is 16.7. The average molecular weight is 298 g/mol. The summed E-state index contributed by atoms with van der Waals surface area (Å²) in [6, 6.07) is 0.895. The van der Waals surface area contributed by atoms with Crippen molar-refractivity contribution in [3.8, 4) is 0 Å². The van der Waals surface area contributed by atoms with Gasteiger partial charge in [-0.05, 0) is 52.5 Å². The van der Waals surface area contributed by atoms with Crippen LogP contribution in [0.5, 0.6) is 0 Å². The van der Waals surface area contributed by atoms with Crippen LogP contribution in [0.1, 0.15) is 52.9 Å². The van der Waals surface area contributed by atoms with E-state index in [2.05, 4.69) is 24.1 Å². The molecule has 3 atom stereocenters. The number of ether oxygens (including phenoxy) is 1. The van der Waals surface area contributed by atoms with Crippen molar-refractivity contribution >= 4 is 5.97 Å². The van der Waals surface area contributed by atoms with Crippen molar-refractivity contribution in [1.29, 1.82) is 0 Å². The lowest BCUT2D eigenvalue weighted by Gasteiger charge is -2.39. The van der Waals surface area contributed by atoms with E-state index in [1.165, 1.54) is 0 Å². The van der Waals surface area contributed by atoms with Crippen molar-refractivity contribution in [1.82, 2.24) is 10.2 Å². The Balaban J connectivity index is 1.81. The molecule has 0 aromatic heterocycles. The highest BCUT2D eigenvalue weighted by molar-refractivity contribution is 5.78. The van der Waals surface area contributed by atoms with E-state index >= 15 is 0 Å². The van der Waals surface area contributed by atoms with Crippen molar-refractivity contribution in [2.45, 2.75) is 76.6 Å². The average Bonchev–Trinajstić information content (AvgIpc) is 3.22. The quantitative estimate of drug-likeness (QED) is 0.716. The van der Waals surface area contributed by atoms with Gasteiger partial charge in [-0.3, -0.25) is 15.0 Å². The summed E-state index contributed by atoms with van der Waals surface area (Å²) in [6.07, 6.45) is 5.18. The molecule has 1 aliphatic carbocycles. The molecule has 1 aliphatic heterocycles. The molecule has 2 fully saturated rings. The van der Waals surface area contributed by atoms with Crippen molar-refractivity contribution in [2.75, 3.05) is 19.7 Å². The minimum atomic E-state index is -0.777. The second-order valence-corrected chi connectivity index (χ2v) is 6.86. The number of nitrogens with zero attached hydrogens (tertiary/aromatic N) is 1. The lowest BCUT2D eigenvalue weighted by molar-refractivity contribution is -0.144. The Hall–Kier alpha value is -0.650. The van der Waals surface area contributed by atoms with Gasteiger partial charge in [-0.25, -0.2) is 0 Å². The number of aliphatic carboxylic acids is 1. The fourth-order valence-corrected chi connectivity index (χ4v) is 3.12. The zero-order valence-corrected chi connectivity index (χ0v) is 13.6. The number of carboxylic acid groups (broad SMARTS) is 1. The second kappa shape index (κ2) is 7.07. The van der Waals surface area contributed by atoms with Gasteiger partial charge in [-0.1, -0.05) is 6.92 Å². The van der Waals surface area contributed by atoms with Gasteiger partial charge in [0.05, 0.1) is 12.7 Å². The van der Waals surface area contributed by atoms with Gasteiger partial charge in [0.2, 0.25) is 0 Å². The van der Waals surface area contributed by atoms with Gasteiger partial charge < -0.3 is 9.84 Å². The summed E-state index contributed by atoms with van der Waals surface area (Å²) in [7, 11) is 0. The van der Waals surface area contributed by atoms with Crippen LogP contribution >= 0.6 is 0 Å². The Morgan fingerprint density at radius 3 is 2.76 bits per heavy atom. The largest absolute Gasteiger partial charge is 0.480 e. The van der Waals surface area contributed by atoms with E-state index in [-0.39, 0.29) is 6.10 Å². The summed E-state index contributed by atoms with van der Waals surface area (Å²) in [5.41, 5.74) is -0.777. The topological polar surface area (TPSA) is 61.8 Å². The van der Waals surface area contributed by atoms with Gasteiger partial charge in [0.1, 0.15) is 5.54 Å². The highest BCUT2D eigenvalue weighted by Gasteiger charge is 2.38. The van der Waals surface area contributed by atoms with Crippen LogP contribution < -0.4 is 5.32 Å². The Morgan fingerprint density at radius 1 is 1.48 bits per heavy atom. The van der Waals surface area contributed by atoms with Gasteiger partial charge in [0, 0.05) is 18.6 Å². The van der Waals surface area contributed by atoms with Crippen LogP contribution in [0, 0.1) is 0 Å². The number of rotatable bonds is 8. The minimum Gasteiger partial charge on any atom is -0.480 e. The van der Waals surface area contributed by atoms with Crippen molar-refractivity contribution in [2.24, 2.45) is 0 Å². The summed E-state index contributed by atoms with van der Waals surface area (Å²) in [5.74, 6) is -0.725. The molecule has 2 rings (SSSR count). The second-order valence-electron chi connectivity index (χ2n) is 6.86. The number of morpholine rings is 1. The summed E-state index contributed by atoms with van der Waals surface area (Å²) < 4.78 is 5.71. The molecule has 21 heavy (non-hydrogen) atoms. The van der Waals surface area contributed by atoms with E-state index in [9.17, 15) is 9.90 Å². The van der Waals surface area contributed by atoms with Crippen LogP contribution in [0.4, 0.5) is 0 Å². The highest BCUT2D eigenvalue weighted by Crippen LogP contribution is 2.25. The maximum absolute atomic E-state index is 11.5. The predicted octanol–water partition coefficient (Wildman–Crippen LogP) is 1.86. The molecule has 2 aliphatic rings. The summed E-state index contributed by atoms with van der Waals surface area (Å²) in [4.78, 5) is 14.0. The van der Waals surface area contributed by atoms with E-state index in [1.807, 2.05) is 6.92 Å². The van der Waals surface area contributed by atoms with Gasteiger partial charge in [0.15, 0.2) is 0 Å². The fourth-order valence-electron chi connectivity index (χ4n) is 3.12. The van der Waals surface area contributed by atoms with Crippen LogP contribution in [-0.2, 0) is 9.53 Å². The zero-order chi connectivity index (χ0) is 15.5. The first-order chi connectivity index (χ1) is 9.94. The monoisotopic (exact) mass is 298 g/mol. The van der Waals surface area contributed by atoms with Gasteiger partial charge >= 0.3 is 5.97 Å². The highest BCUT2D eigenvalue weighted by atomic mass is 16.5. The molecule has 122 valence electrons. The first-order valence-corrected chi connectivity index (χ1v) is 8.31. The number of carbonyl (C=O) groups is 1. The molecule has 0 aromatic carbocycles. The summed E-state index contributed by atoms with van der Waals surface area (Å²) in [6.45, 7) is 8.84. The molecule has 1 heterocycles. The molecule has 0 bridgehead atoms. The first-order valence-electron chi connectivity index (χ1n) is 8.31. The molecular formula is C16H30N2O3. The van der Waals surface area contributed by atoms with Crippen LogP contribution in [-0.4, -0.2) is 59.4 Å². The van der Waals surface area contributed by atoms with Crippen molar-refractivity contribution in [3.05, 3.63) is 0 Å². The van der Waals surface area contributed by atoms with Gasteiger partial charge in [0.25, 0.3) is 0 Å².